The fraction of sp³-hybridized carbons (Fsp3) is 0.300. The Morgan fingerprint density at radius 2 is 1.95 bits per heavy atom. The second-order valence-electron chi connectivity index (χ2n) is 3.92. The van der Waals surface area contributed by atoms with Crippen molar-refractivity contribution in [3.63, 3.8) is 0 Å². The first-order valence-electron chi connectivity index (χ1n) is 5.34. The maximum atomic E-state index is 11.0. The predicted octanol–water partition coefficient (Wildman–Crippen LogP) is 1.69. The average Bonchev–Trinajstić information content (AvgIpc) is 2.34. The van der Waals surface area contributed by atoms with Gasteiger partial charge in [0.1, 0.15) is 11.7 Å². The predicted molar refractivity (Wildman–Crippen MR) is 73.2 cm³/mol. The molecule has 0 aromatic heterocycles. The maximum absolute atomic E-state index is 11.0. The van der Waals surface area contributed by atoms with E-state index in [0.29, 0.717) is 0 Å². The van der Waals surface area contributed by atoms with Gasteiger partial charge >= 0.3 is 5.97 Å². The van der Waals surface area contributed by atoms with Crippen molar-refractivity contribution in [1.29, 1.82) is 0 Å². The first-order chi connectivity index (χ1) is 9.23. The van der Waals surface area contributed by atoms with E-state index in [-0.39, 0.29) is 5.69 Å². The van der Waals surface area contributed by atoms with Gasteiger partial charge in [-0.3, -0.25) is 20.2 Å². The third kappa shape index (κ3) is 3.57. The van der Waals surface area contributed by atoms with Crippen molar-refractivity contribution in [3.8, 4) is 0 Å². The molecule has 0 saturated heterocycles. The summed E-state index contributed by atoms with van der Waals surface area (Å²) >= 11 is 3.98. The first kappa shape index (κ1) is 15.7. The molecule has 0 aliphatic heterocycles. The minimum Gasteiger partial charge on any atom is -0.480 e. The number of benzene rings is 1. The number of nitrogens with one attached hydrogen (secondary N) is 1. The fourth-order valence-electron chi connectivity index (χ4n) is 1.46. The number of thiol groups is 1. The average molecular weight is 301 g/mol. The largest absolute Gasteiger partial charge is 0.480 e. The molecule has 0 unspecified atom stereocenters. The van der Waals surface area contributed by atoms with E-state index >= 15 is 0 Å². The summed E-state index contributed by atoms with van der Waals surface area (Å²) in [6.45, 7) is 1.51. The number of carboxylic acid groups (broad SMARTS) is 1. The Morgan fingerprint density at radius 1 is 1.35 bits per heavy atom. The van der Waals surface area contributed by atoms with Gasteiger partial charge in [0.15, 0.2) is 0 Å². The molecule has 2 atom stereocenters. The molecule has 9 nitrogen and oxygen atoms in total. The highest BCUT2D eigenvalue weighted by molar-refractivity contribution is 7.81. The molecule has 0 heterocycles. The number of non-ortho nitro benzene ring substituents is 1. The molecule has 2 N–H and O–H groups in total. The van der Waals surface area contributed by atoms with Crippen LogP contribution in [0, 0.1) is 20.2 Å². The lowest BCUT2D eigenvalue weighted by Gasteiger charge is -2.18. The van der Waals surface area contributed by atoms with Crippen molar-refractivity contribution < 1.29 is 19.7 Å². The van der Waals surface area contributed by atoms with Crippen molar-refractivity contribution in [2.45, 2.75) is 18.2 Å². The zero-order chi connectivity index (χ0) is 15.4. The van der Waals surface area contributed by atoms with E-state index in [9.17, 15) is 25.0 Å². The van der Waals surface area contributed by atoms with E-state index in [4.69, 9.17) is 5.11 Å². The van der Waals surface area contributed by atoms with Crippen LogP contribution in [-0.2, 0) is 4.79 Å². The van der Waals surface area contributed by atoms with Gasteiger partial charge in [-0.2, -0.15) is 12.6 Å². The van der Waals surface area contributed by atoms with Crippen LogP contribution in [0.3, 0.4) is 0 Å². The Kier molecular flexibility index (Phi) is 4.86. The summed E-state index contributed by atoms with van der Waals surface area (Å²) < 4.78 is 0. The number of carboxylic acids is 1. The van der Waals surface area contributed by atoms with Crippen LogP contribution in [0.1, 0.15) is 6.92 Å². The zero-order valence-corrected chi connectivity index (χ0v) is 11.1. The van der Waals surface area contributed by atoms with Crippen molar-refractivity contribution in [2.75, 3.05) is 5.32 Å². The lowest BCUT2D eigenvalue weighted by molar-refractivity contribution is -0.393. The van der Waals surface area contributed by atoms with Crippen molar-refractivity contribution in [2.24, 2.45) is 0 Å². The van der Waals surface area contributed by atoms with Crippen LogP contribution in [0.25, 0.3) is 0 Å². The molecule has 20 heavy (non-hydrogen) atoms. The molecule has 1 aromatic rings. The van der Waals surface area contributed by atoms with Gasteiger partial charge in [-0.05, 0) is 6.07 Å². The number of anilines is 1. The van der Waals surface area contributed by atoms with Gasteiger partial charge in [0.05, 0.1) is 15.9 Å². The molecule has 10 heteroatoms. The number of hydrogen-bond acceptors (Lipinski definition) is 7. The second-order valence-corrected chi connectivity index (χ2v) is 4.73. The highest BCUT2D eigenvalue weighted by Gasteiger charge is 2.26. The summed E-state index contributed by atoms with van der Waals surface area (Å²) in [5.74, 6) is -1.24. The van der Waals surface area contributed by atoms with Crippen LogP contribution in [0.2, 0.25) is 0 Å². The molecule has 0 bridgehead atoms. The molecule has 0 fully saturated rings. The standard InChI is InChI=1S/C10H11N3O6S/c1-5(20)9(10(14)15)11-7-3-2-6(12(16)17)4-8(7)13(18)19/h2-5,9,11,20H,1H3,(H,14,15)/t5-,9-/m0/s1. The number of rotatable bonds is 6. The topological polar surface area (TPSA) is 136 Å². The zero-order valence-electron chi connectivity index (χ0n) is 10.2. The number of nitrogens with zero attached hydrogens (tertiary/aromatic N) is 2. The number of hydrogen-bond donors (Lipinski definition) is 3. The molecular weight excluding hydrogens is 290 g/mol. The van der Waals surface area contributed by atoms with Crippen LogP contribution in [0.5, 0.6) is 0 Å². The smallest absolute Gasteiger partial charge is 0.327 e. The minimum atomic E-state index is -1.24. The van der Waals surface area contributed by atoms with Crippen molar-refractivity contribution in [3.05, 3.63) is 38.4 Å². The lowest BCUT2D eigenvalue weighted by atomic mass is 10.2. The van der Waals surface area contributed by atoms with Gasteiger partial charge in [0.2, 0.25) is 0 Å². The van der Waals surface area contributed by atoms with E-state index in [1.807, 2.05) is 0 Å². The molecule has 0 amide bonds. The van der Waals surface area contributed by atoms with E-state index in [1.54, 1.807) is 0 Å². The van der Waals surface area contributed by atoms with Crippen LogP contribution >= 0.6 is 12.6 Å². The molecule has 0 aliphatic rings. The van der Waals surface area contributed by atoms with Gasteiger partial charge < -0.3 is 10.4 Å². The summed E-state index contributed by atoms with van der Waals surface area (Å²) in [6, 6.07) is 1.75. The SMILES string of the molecule is C[C@H](S)[C@H](Nc1ccc([N+](=O)[O-])cc1[N+](=O)[O-])C(=O)O. The summed E-state index contributed by atoms with van der Waals surface area (Å²) in [6.07, 6.45) is 0. The molecule has 0 spiro atoms. The molecule has 1 aromatic carbocycles. The number of aliphatic carboxylic acids is 1. The Bertz CT molecular complexity index is 562. The number of nitro benzene ring substituents is 2. The normalized spacial score (nSPS) is 13.3. The summed E-state index contributed by atoms with van der Waals surface area (Å²) in [5.41, 5.74) is -1.14. The van der Waals surface area contributed by atoms with E-state index in [1.165, 1.54) is 6.92 Å². The van der Waals surface area contributed by atoms with E-state index < -0.39 is 38.5 Å². The van der Waals surface area contributed by atoms with Gasteiger partial charge in [0, 0.05) is 11.3 Å². The first-order valence-corrected chi connectivity index (χ1v) is 5.86. The van der Waals surface area contributed by atoms with Crippen molar-refractivity contribution >= 4 is 35.7 Å². The minimum absolute atomic E-state index is 0.117. The molecule has 1 rings (SSSR count). The lowest BCUT2D eigenvalue weighted by Crippen LogP contribution is -2.36. The third-order valence-electron chi connectivity index (χ3n) is 2.45. The Morgan fingerprint density at radius 3 is 2.35 bits per heavy atom. The van der Waals surface area contributed by atoms with Gasteiger partial charge in [-0.15, -0.1) is 0 Å². The summed E-state index contributed by atoms with van der Waals surface area (Å²) in [5, 5.41) is 32.3. The van der Waals surface area contributed by atoms with Crippen LogP contribution in [0.15, 0.2) is 18.2 Å². The fourth-order valence-corrected chi connectivity index (χ4v) is 1.66. The van der Waals surface area contributed by atoms with Crippen LogP contribution in [0.4, 0.5) is 17.1 Å². The molecule has 0 saturated carbocycles. The van der Waals surface area contributed by atoms with E-state index in [2.05, 4.69) is 17.9 Å². The maximum Gasteiger partial charge on any atom is 0.327 e. The van der Waals surface area contributed by atoms with Gasteiger partial charge in [-0.25, -0.2) is 4.79 Å². The highest BCUT2D eigenvalue weighted by atomic mass is 32.1. The summed E-state index contributed by atoms with van der Waals surface area (Å²) in [4.78, 5) is 30.9. The monoisotopic (exact) mass is 301 g/mol. The van der Waals surface area contributed by atoms with Crippen LogP contribution in [-0.4, -0.2) is 32.2 Å². The Balaban J connectivity index is 3.20. The number of nitro groups is 2. The molecule has 0 radical (unpaired) electrons. The number of carbonyl (C=O) groups is 1. The Hall–Kier alpha value is -2.36. The van der Waals surface area contributed by atoms with Crippen molar-refractivity contribution in [1.82, 2.24) is 0 Å². The second kappa shape index (κ2) is 6.19. The van der Waals surface area contributed by atoms with Gasteiger partial charge in [0.25, 0.3) is 11.4 Å². The molecule has 0 aliphatic carbocycles. The van der Waals surface area contributed by atoms with Gasteiger partial charge in [-0.1, -0.05) is 6.92 Å². The van der Waals surface area contributed by atoms with Crippen LogP contribution < -0.4 is 5.32 Å². The third-order valence-corrected chi connectivity index (χ3v) is 2.75. The molecule has 108 valence electrons. The Labute approximate surface area is 118 Å². The highest BCUT2D eigenvalue weighted by Crippen LogP contribution is 2.30. The summed E-state index contributed by atoms with van der Waals surface area (Å²) in [7, 11) is 0. The molecular formula is C10H11N3O6S. The van der Waals surface area contributed by atoms with E-state index in [0.717, 1.165) is 18.2 Å². The quantitative estimate of drug-likeness (QED) is 0.413.